The van der Waals surface area contributed by atoms with E-state index in [1.165, 1.54) is 7.11 Å². The zero-order valence-electron chi connectivity index (χ0n) is 20.5. The summed E-state index contributed by atoms with van der Waals surface area (Å²) in [5.74, 6) is -2.34. The van der Waals surface area contributed by atoms with Gasteiger partial charge in [0.15, 0.2) is 12.2 Å². The Hall–Kier alpha value is -1.67. The third-order valence-corrected chi connectivity index (χ3v) is 5.19. The van der Waals surface area contributed by atoms with E-state index in [4.69, 9.17) is 32.1 Å². The second-order valence-corrected chi connectivity index (χ2v) is 8.32. The van der Waals surface area contributed by atoms with Crippen LogP contribution in [0, 0.1) is 5.41 Å². The Morgan fingerprint density at radius 2 is 1.65 bits per heavy atom. The highest BCUT2D eigenvalue weighted by molar-refractivity contribution is 5.75. The molecular weight excluding hydrogens is 455 g/mol. The molecule has 0 aliphatic carbocycles. The fourth-order valence-electron chi connectivity index (χ4n) is 3.29. The van der Waals surface area contributed by atoms with Gasteiger partial charge in [0.05, 0.1) is 0 Å². The minimum Gasteiger partial charge on any atom is -0.437 e. The molecule has 0 spiro atoms. The van der Waals surface area contributed by atoms with Crippen molar-refractivity contribution in [1.82, 2.24) is 15.5 Å². The van der Waals surface area contributed by atoms with Gasteiger partial charge in [-0.3, -0.25) is 10.3 Å². The minimum atomic E-state index is -5.11. The Morgan fingerprint density at radius 3 is 2.18 bits per heavy atom. The van der Waals surface area contributed by atoms with Crippen molar-refractivity contribution in [2.75, 3.05) is 46.4 Å². The molecule has 0 aliphatic heterocycles. The lowest BCUT2D eigenvalue weighted by molar-refractivity contribution is -0.222. The molecule has 0 aliphatic rings. The van der Waals surface area contributed by atoms with Crippen molar-refractivity contribution in [1.29, 1.82) is 5.41 Å². The van der Waals surface area contributed by atoms with E-state index in [9.17, 15) is 18.0 Å². The first-order chi connectivity index (χ1) is 16.0. The lowest BCUT2D eigenvalue weighted by Gasteiger charge is -2.35. The second kappa shape index (κ2) is 18.6. The van der Waals surface area contributed by atoms with Crippen LogP contribution in [0.4, 0.5) is 13.2 Å². The molecule has 10 nitrogen and oxygen atoms in total. The number of unbranched alkanes of at least 4 members (excludes halogenated alkanes) is 4. The van der Waals surface area contributed by atoms with E-state index in [-0.39, 0.29) is 18.5 Å². The van der Waals surface area contributed by atoms with Gasteiger partial charge in [-0.25, -0.2) is 4.79 Å². The smallest absolute Gasteiger partial charge is 0.437 e. The second-order valence-electron chi connectivity index (χ2n) is 8.32. The predicted molar refractivity (Wildman–Crippen MR) is 126 cm³/mol. The van der Waals surface area contributed by atoms with Crippen LogP contribution in [0.3, 0.4) is 0 Å². The number of alkyl halides is 3. The summed E-state index contributed by atoms with van der Waals surface area (Å²) in [5.41, 5.74) is 16.7. The average molecular weight is 500 g/mol. The Labute approximate surface area is 200 Å². The summed E-state index contributed by atoms with van der Waals surface area (Å²) in [4.78, 5) is 13.3. The fraction of sp³-hybridized carbons (Fsp3) is 0.905. The van der Waals surface area contributed by atoms with E-state index in [1.807, 2.05) is 6.92 Å². The van der Waals surface area contributed by atoms with Crippen LogP contribution in [0.5, 0.6) is 0 Å². The van der Waals surface area contributed by atoms with Gasteiger partial charge >= 0.3 is 12.1 Å². The molecule has 0 radical (unpaired) electrons. The molecule has 34 heavy (non-hydrogen) atoms. The summed E-state index contributed by atoms with van der Waals surface area (Å²) in [5, 5.41) is 13.2. The number of nitrogens with two attached hydrogens (primary N) is 3. The highest BCUT2D eigenvalue weighted by Gasteiger charge is 2.44. The molecule has 0 amide bonds. The molecule has 3 unspecified atom stereocenters. The Kier molecular flexibility index (Phi) is 17.7. The normalized spacial score (nSPS) is 14.6. The quantitative estimate of drug-likeness (QED) is 0.0468. The van der Waals surface area contributed by atoms with E-state index in [1.54, 1.807) is 4.90 Å². The topological polar surface area (TPSA) is 165 Å². The molecule has 9 N–H and O–H groups in total. The zero-order chi connectivity index (χ0) is 26.0. The molecule has 0 aromatic carbocycles. The van der Waals surface area contributed by atoms with Crippen LogP contribution < -0.4 is 27.8 Å². The lowest BCUT2D eigenvalue weighted by Crippen LogP contribution is -2.52. The van der Waals surface area contributed by atoms with Crippen LogP contribution in [-0.4, -0.2) is 87.8 Å². The first-order valence-electron chi connectivity index (χ1n) is 11.8. The van der Waals surface area contributed by atoms with E-state index in [0.717, 1.165) is 45.2 Å². The van der Waals surface area contributed by atoms with E-state index < -0.39 is 24.5 Å². The van der Waals surface area contributed by atoms with Gasteiger partial charge in [-0.05, 0) is 52.1 Å². The third kappa shape index (κ3) is 16.0. The average Bonchev–Trinajstić information content (AvgIpc) is 2.75. The molecule has 0 heterocycles. The molecular formula is C21H44F3N7O3. The number of carbonyl (C=O) groups excluding carboxylic acids is 1. The summed E-state index contributed by atoms with van der Waals surface area (Å²) in [7, 11) is 1.33. The summed E-state index contributed by atoms with van der Waals surface area (Å²) in [6.45, 7) is 4.82. The van der Waals surface area contributed by atoms with Crippen LogP contribution in [-0.2, 0) is 14.3 Å². The maximum Gasteiger partial charge on any atom is 0.490 e. The lowest BCUT2D eigenvalue weighted by atomic mass is 10.1. The molecule has 0 saturated carbocycles. The first kappa shape index (κ1) is 32.3. The van der Waals surface area contributed by atoms with E-state index in [2.05, 4.69) is 10.6 Å². The molecule has 3 atom stereocenters. The maximum atomic E-state index is 12.9. The van der Waals surface area contributed by atoms with Crippen LogP contribution in [0.15, 0.2) is 0 Å². The Morgan fingerprint density at radius 1 is 1.06 bits per heavy atom. The number of rotatable bonds is 20. The highest BCUT2D eigenvalue weighted by Crippen LogP contribution is 2.21. The van der Waals surface area contributed by atoms with Crippen molar-refractivity contribution < 1.29 is 27.4 Å². The first-order valence-corrected chi connectivity index (χ1v) is 11.8. The zero-order valence-corrected chi connectivity index (χ0v) is 20.5. The van der Waals surface area contributed by atoms with Crippen molar-refractivity contribution in [2.45, 2.75) is 76.4 Å². The SMILES string of the molecule is COC(CN)C(OC(=O)C(F)(F)F)N(CCCCCCNC(=N)N)CCCCNCCC(C)N. The molecule has 0 fully saturated rings. The van der Waals surface area contributed by atoms with Crippen molar-refractivity contribution in [3.8, 4) is 0 Å². The van der Waals surface area contributed by atoms with Crippen molar-refractivity contribution in [2.24, 2.45) is 17.2 Å². The number of ether oxygens (including phenoxy) is 2. The van der Waals surface area contributed by atoms with E-state index >= 15 is 0 Å². The summed E-state index contributed by atoms with van der Waals surface area (Å²) in [6.07, 6.45) is -1.73. The molecule has 0 rings (SSSR count). The number of halogens is 3. The number of hydrogen-bond acceptors (Lipinski definition) is 8. The summed E-state index contributed by atoms with van der Waals surface area (Å²) < 4.78 is 48.8. The van der Waals surface area contributed by atoms with Crippen LogP contribution in [0.2, 0.25) is 0 Å². The van der Waals surface area contributed by atoms with Gasteiger partial charge in [0, 0.05) is 39.3 Å². The van der Waals surface area contributed by atoms with Gasteiger partial charge < -0.3 is 37.3 Å². The number of methoxy groups -OCH3 is 1. The van der Waals surface area contributed by atoms with Crippen LogP contribution in [0.25, 0.3) is 0 Å². The van der Waals surface area contributed by atoms with Crippen molar-refractivity contribution in [3.63, 3.8) is 0 Å². The van der Waals surface area contributed by atoms with Crippen LogP contribution in [0.1, 0.15) is 51.9 Å². The molecule has 0 bridgehead atoms. The Bertz CT molecular complexity index is 550. The standard InChI is InChI=1S/C21H44F3N7O3/c1-16(26)9-12-29-10-6-8-14-31(13-7-4-3-5-11-30-20(27)28)18(17(15-25)33-2)34-19(32)21(22,23)24/h16-18,29H,3-15,25-26H2,1-2H3,(H4,27,28,30). The number of esters is 1. The van der Waals surface area contributed by atoms with E-state index in [0.29, 0.717) is 32.5 Å². The molecule has 13 heteroatoms. The number of carbonyl (C=O) groups is 1. The molecule has 0 aromatic heterocycles. The highest BCUT2D eigenvalue weighted by atomic mass is 19.4. The van der Waals surface area contributed by atoms with Crippen molar-refractivity contribution in [3.05, 3.63) is 0 Å². The maximum absolute atomic E-state index is 12.9. The van der Waals surface area contributed by atoms with Gasteiger partial charge in [-0.15, -0.1) is 0 Å². The Balaban J connectivity index is 4.96. The number of hydrogen-bond donors (Lipinski definition) is 6. The van der Waals surface area contributed by atoms with Gasteiger partial charge in [0.2, 0.25) is 0 Å². The van der Waals surface area contributed by atoms with Gasteiger partial charge in [-0.2, -0.15) is 13.2 Å². The number of nitrogens with one attached hydrogen (secondary N) is 3. The van der Waals surface area contributed by atoms with Gasteiger partial charge in [0.25, 0.3) is 0 Å². The summed E-state index contributed by atoms with van der Waals surface area (Å²) in [6, 6.07) is 0.118. The van der Waals surface area contributed by atoms with Crippen LogP contribution >= 0.6 is 0 Å². The number of nitrogens with zero attached hydrogens (tertiary/aromatic N) is 1. The van der Waals surface area contributed by atoms with Crippen molar-refractivity contribution >= 4 is 11.9 Å². The largest absolute Gasteiger partial charge is 0.490 e. The monoisotopic (exact) mass is 499 g/mol. The third-order valence-electron chi connectivity index (χ3n) is 5.19. The van der Waals surface area contributed by atoms with Gasteiger partial charge in [0.1, 0.15) is 6.10 Å². The van der Waals surface area contributed by atoms with Gasteiger partial charge in [-0.1, -0.05) is 12.8 Å². The number of guanidine groups is 1. The predicted octanol–water partition coefficient (Wildman–Crippen LogP) is 0.844. The molecule has 0 aromatic rings. The molecule has 0 saturated heterocycles. The fourth-order valence-corrected chi connectivity index (χ4v) is 3.29. The minimum absolute atomic E-state index is 0.0834. The summed E-state index contributed by atoms with van der Waals surface area (Å²) >= 11 is 0. The molecule has 202 valence electrons.